The first kappa shape index (κ1) is 17.6. The number of nitrogen functional groups attached to an aromatic ring is 2. The minimum Gasteiger partial charge on any atom is -1.00 e. The van der Waals surface area contributed by atoms with Crippen molar-refractivity contribution in [1.82, 2.24) is 0 Å². The fourth-order valence-corrected chi connectivity index (χ4v) is 2.62. The maximum atomic E-state index is 7.88. The van der Waals surface area contributed by atoms with Crippen LogP contribution in [0, 0.1) is 5.41 Å². The van der Waals surface area contributed by atoms with Gasteiger partial charge in [-0.2, -0.15) is 0 Å². The first-order valence-electron chi connectivity index (χ1n) is 7.46. The van der Waals surface area contributed by atoms with Crippen LogP contribution in [0.5, 0.6) is 0 Å². The molecular weight excluding hydrogens is 318 g/mol. The Morgan fingerprint density at radius 3 is 1.71 bits per heavy atom. The van der Waals surface area contributed by atoms with Crippen molar-refractivity contribution in [2.75, 3.05) is 11.5 Å². The molecule has 0 amide bonds. The molecule has 4 heteroatoms. The standard InChI is InChI=1S/C20H19N3.ClH/c1-13-12-16(6-11-19(13)23)20(14-2-7-17(21)8-3-14)15-4-9-18(22)10-5-15;/h2-12,23H,21-22H2,1H3;1H. The van der Waals surface area contributed by atoms with E-state index in [9.17, 15) is 0 Å². The zero-order chi connectivity index (χ0) is 16.4. The topological polar surface area (TPSA) is 75.9 Å². The molecule has 0 saturated heterocycles. The molecule has 1 aliphatic carbocycles. The quantitative estimate of drug-likeness (QED) is 0.723. The third-order valence-electron chi connectivity index (χ3n) is 3.91. The number of allylic oxidation sites excluding steroid dienone is 5. The Hall–Kier alpha value is -2.78. The Bertz CT molecular complexity index is 800. The Morgan fingerprint density at radius 1 is 0.833 bits per heavy atom. The zero-order valence-electron chi connectivity index (χ0n) is 14.4. The second-order valence-electron chi connectivity index (χ2n) is 5.65. The van der Waals surface area contributed by atoms with E-state index in [0.717, 1.165) is 39.2 Å². The Kier molecular flexibility index (Phi) is 5.27. The van der Waals surface area contributed by atoms with E-state index >= 15 is 0 Å². The number of rotatable bonds is 2. The molecule has 0 aliphatic heterocycles. The van der Waals surface area contributed by atoms with Crippen molar-refractivity contribution in [1.29, 1.82) is 5.41 Å². The summed E-state index contributed by atoms with van der Waals surface area (Å²) < 4.78 is 0. The third kappa shape index (κ3) is 3.58. The van der Waals surface area contributed by atoms with Crippen molar-refractivity contribution in [3.05, 3.63) is 89.0 Å². The van der Waals surface area contributed by atoms with Crippen molar-refractivity contribution in [2.45, 2.75) is 6.92 Å². The predicted molar refractivity (Wildman–Crippen MR) is 99.5 cm³/mol. The molecule has 2 aromatic carbocycles. The molecule has 3 rings (SSSR count). The van der Waals surface area contributed by atoms with Crippen molar-refractivity contribution >= 4 is 22.7 Å². The Labute approximate surface area is 149 Å². The lowest BCUT2D eigenvalue weighted by molar-refractivity contribution is -0.00000483. The van der Waals surface area contributed by atoms with Crippen molar-refractivity contribution in [3.8, 4) is 0 Å². The molecule has 0 saturated carbocycles. The SMILES string of the molecule is CC1=CC(=C(c2ccc(N)cc2)c2ccc(N)cc2)C=CC1=N.[Cl-].[H+]. The van der Waals surface area contributed by atoms with Gasteiger partial charge in [-0.1, -0.05) is 30.3 Å². The van der Waals surface area contributed by atoms with Crippen LogP contribution in [0.2, 0.25) is 0 Å². The largest absolute Gasteiger partial charge is 1.00 e. The van der Waals surface area contributed by atoms with E-state index in [0.29, 0.717) is 5.71 Å². The van der Waals surface area contributed by atoms with Gasteiger partial charge in [0.15, 0.2) is 0 Å². The van der Waals surface area contributed by atoms with Crippen LogP contribution in [0.3, 0.4) is 0 Å². The van der Waals surface area contributed by atoms with Gasteiger partial charge < -0.3 is 29.3 Å². The summed E-state index contributed by atoms with van der Waals surface area (Å²) in [6.07, 6.45) is 5.86. The molecule has 0 radical (unpaired) electrons. The molecule has 122 valence electrons. The number of nitrogens with two attached hydrogens (primary N) is 2. The lowest BCUT2D eigenvalue weighted by Gasteiger charge is -2.16. The fourth-order valence-electron chi connectivity index (χ4n) is 2.62. The highest BCUT2D eigenvalue weighted by Gasteiger charge is 2.12. The number of hydrogen-bond donors (Lipinski definition) is 3. The van der Waals surface area contributed by atoms with E-state index in [4.69, 9.17) is 16.9 Å². The molecule has 0 heterocycles. The predicted octanol–water partition coefficient (Wildman–Crippen LogP) is 1.31. The summed E-state index contributed by atoms with van der Waals surface area (Å²) in [4.78, 5) is 0. The van der Waals surface area contributed by atoms with E-state index in [-0.39, 0.29) is 13.8 Å². The summed E-state index contributed by atoms with van der Waals surface area (Å²) in [5.74, 6) is 0. The van der Waals surface area contributed by atoms with Crippen LogP contribution in [0.25, 0.3) is 5.57 Å². The monoisotopic (exact) mass is 337 g/mol. The van der Waals surface area contributed by atoms with Crippen LogP contribution in [0.1, 0.15) is 19.5 Å². The highest BCUT2D eigenvalue weighted by atomic mass is 35.5. The molecule has 1 aliphatic rings. The minimum atomic E-state index is 0. The van der Waals surface area contributed by atoms with Crippen LogP contribution >= 0.6 is 0 Å². The molecule has 0 unspecified atom stereocenters. The van der Waals surface area contributed by atoms with Gasteiger partial charge in [0.2, 0.25) is 0 Å². The number of nitrogens with one attached hydrogen (secondary N) is 1. The summed E-state index contributed by atoms with van der Waals surface area (Å²) in [5, 5.41) is 7.88. The Morgan fingerprint density at radius 2 is 1.29 bits per heavy atom. The molecule has 0 bridgehead atoms. The third-order valence-corrected chi connectivity index (χ3v) is 3.91. The molecule has 0 spiro atoms. The van der Waals surface area contributed by atoms with Crippen LogP contribution in [0.4, 0.5) is 11.4 Å². The van der Waals surface area contributed by atoms with Gasteiger partial charge in [0.05, 0.1) is 5.71 Å². The molecule has 24 heavy (non-hydrogen) atoms. The molecule has 5 N–H and O–H groups in total. The molecular formula is C20H20ClN3. The zero-order valence-corrected chi connectivity index (χ0v) is 14.1. The van der Waals surface area contributed by atoms with Gasteiger partial charge in [-0.3, -0.25) is 0 Å². The number of anilines is 2. The Balaban J connectivity index is 0.00000156. The highest BCUT2D eigenvalue weighted by molar-refractivity contribution is 6.08. The summed E-state index contributed by atoms with van der Waals surface area (Å²) in [6.45, 7) is 1.95. The lowest BCUT2D eigenvalue weighted by atomic mass is 9.89. The van der Waals surface area contributed by atoms with Crippen molar-refractivity contribution in [3.63, 3.8) is 0 Å². The number of hydrogen-bond acceptors (Lipinski definition) is 3. The first-order chi connectivity index (χ1) is 11.0. The summed E-state index contributed by atoms with van der Waals surface area (Å²) in [6, 6.07) is 15.7. The fraction of sp³-hybridized carbons (Fsp3) is 0.0500. The van der Waals surface area contributed by atoms with E-state index in [1.54, 1.807) is 0 Å². The normalized spacial score (nSPS) is 13.3. The molecule has 2 aromatic rings. The van der Waals surface area contributed by atoms with Crippen LogP contribution in [-0.4, -0.2) is 5.71 Å². The number of benzene rings is 2. The molecule has 0 atom stereocenters. The van der Waals surface area contributed by atoms with Gasteiger partial charge in [0, 0.05) is 11.4 Å². The van der Waals surface area contributed by atoms with E-state index < -0.39 is 0 Å². The van der Waals surface area contributed by atoms with E-state index in [1.165, 1.54) is 0 Å². The average Bonchev–Trinajstić information content (AvgIpc) is 2.55. The second-order valence-corrected chi connectivity index (χ2v) is 5.65. The van der Waals surface area contributed by atoms with Gasteiger partial charge >= 0.3 is 1.43 Å². The number of halogens is 1. The summed E-state index contributed by atoms with van der Waals surface area (Å²) >= 11 is 0. The van der Waals surface area contributed by atoms with Crippen molar-refractivity contribution < 1.29 is 13.8 Å². The van der Waals surface area contributed by atoms with Crippen molar-refractivity contribution in [2.24, 2.45) is 0 Å². The highest BCUT2D eigenvalue weighted by Crippen LogP contribution is 2.31. The molecule has 0 aromatic heterocycles. The lowest BCUT2D eigenvalue weighted by Crippen LogP contribution is -3.00. The summed E-state index contributed by atoms with van der Waals surface area (Å²) in [5.41, 5.74) is 19.0. The van der Waals surface area contributed by atoms with Crippen LogP contribution < -0.4 is 23.9 Å². The maximum absolute atomic E-state index is 7.88. The van der Waals surface area contributed by atoms with E-state index in [2.05, 4.69) is 0 Å². The molecule has 0 fully saturated rings. The summed E-state index contributed by atoms with van der Waals surface area (Å²) in [7, 11) is 0. The van der Waals surface area contributed by atoms with Gasteiger partial charge in [-0.15, -0.1) is 0 Å². The van der Waals surface area contributed by atoms with Gasteiger partial charge in [-0.05, 0) is 71.2 Å². The van der Waals surface area contributed by atoms with Gasteiger partial charge in [0.25, 0.3) is 0 Å². The van der Waals surface area contributed by atoms with Gasteiger partial charge in [-0.25, -0.2) is 0 Å². The molecule has 3 nitrogen and oxygen atoms in total. The van der Waals surface area contributed by atoms with Crippen LogP contribution in [-0.2, 0) is 0 Å². The average molecular weight is 338 g/mol. The van der Waals surface area contributed by atoms with Crippen LogP contribution in [0.15, 0.2) is 77.9 Å². The first-order valence-corrected chi connectivity index (χ1v) is 7.46. The smallest absolute Gasteiger partial charge is 1.00 e. The van der Waals surface area contributed by atoms with Gasteiger partial charge in [0.1, 0.15) is 0 Å². The second kappa shape index (κ2) is 7.20. The maximum Gasteiger partial charge on any atom is 1.00 e. The van der Waals surface area contributed by atoms with E-state index in [1.807, 2.05) is 73.7 Å². The minimum absolute atomic E-state index is 0.